The van der Waals surface area contributed by atoms with E-state index in [2.05, 4.69) is 223 Å². The van der Waals surface area contributed by atoms with Gasteiger partial charge in [-0.2, -0.15) is 83.4 Å². The van der Waals surface area contributed by atoms with Crippen molar-refractivity contribution in [3.8, 4) is 44.5 Å². The molecule has 0 fully saturated rings. The summed E-state index contributed by atoms with van der Waals surface area (Å²) >= 11 is 0. The maximum Gasteiger partial charge on any atom is 0 e. The Balaban J connectivity index is 0.00000141. The van der Waals surface area contributed by atoms with E-state index in [1.165, 1.54) is 55.6 Å². The van der Waals surface area contributed by atoms with Gasteiger partial charge in [0.15, 0.2) is 0 Å². The summed E-state index contributed by atoms with van der Waals surface area (Å²) < 4.78 is 15.0. The van der Waals surface area contributed by atoms with Crippen molar-refractivity contribution in [2.75, 3.05) is 9.80 Å². The number of hydrogen-bond acceptors (Lipinski definition) is 4. The predicted molar refractivity (Wildman–Crippen MR) is 278 cm³/mol. The fourth-order valence-electron chi connectivity index (χ4n) is 8.79. The van der Waals surface area contributed by atoms with Gasteiger partial charge in [-0.25, -0.2) is 9.97 Å². The van der Waals surface area contributed by atoms with E-state index in [1.807, 2.05) is 42.5 Å². The van der Waals surface area contributed by atoms with E-state index in [0.717, 1.165) is 58.0 Å². The Morgan fingerprint density at radius 2 is 0.957 bits per heavy atom. The number of anilines is 4. The number of rotatable bonds is 9. The monoisotopic (exact) mass is 1090 g/mol. The molecule has 0 N–H and O–H groups in total. The molecule has 1 aromatic heterocycles. The van der Waals surface area contributed by atoms with E-state index in [-0.39, 0.29) is 30.9 Å². The molecule has 2 heterocycles. The van der Waals surface area contributed by atoms with Gasteiger partial charge in [0.2, 0.25) is 0 Å². The summed E-state index contributed by atoms with van der Waals surface area (Å²) in [4.78, 5) is 14.4. The van der Waals surface area contributed by atoms with Crippen molar-refractivity contribution in [3.63, 3.8) is 0 Å². The molecule has 1 radical (unpaired) electrons. The minimum Gasteiger partial charge on any atom is 0 e. The quantitative estimate of drug-likeness (QED) is 0.107. The first-order chi connectivity index (χ1) is 33.5. The van der Waals surface area contributed by atoms with Gasteiger partial charge in [-0.05, 0) is 64.6 Å². The normalized spacial score (nSPS) is 11.9. The minimum atomic E-state index is 0. The molecule has 10 rings (SSSR count). The number of aromatic nitrogens is 2. The molecular formula is C63H52IrN4O2-4. The summed E-state index contributed by atoms with van der Waals surface area (Å²) in [6.45, 7) is 24.7. The molecule has 0 atom stereocenters. The predicted octanol–water partition coefficient (Wildman–Crippen LogP) is 15.4. The SMILES string of the molecule is CC(C)(C)c1c[c-]cc(CCc2cc(-c3ccccc3-c3c[c-]c(N4[CH-]N(c5ccccc5)c5nc6ccccc6nc54)cc3)cc(-c3ccccc3-c3c[c-]cc(C(C)(C)C)c3)c2)c1.[C-]#[O+].[C-]#[O+].[Ir]. The standard InChI is InChI=1S/C61H52N4.2CO.Ir/c1-60(2,3)48-20-16-18-42(38-48)30-31-43-36-46(39-47(37-43)55-27-13-11-25-53(55)45-19-17-21-49(40-45)61(4,5)6)54-26-12-10-24-52(54)44-32-34-51(35-33-44)65-41-64(50-22-8-7-9-23-50)58-59(65)63-57-29-15-14-28-56(57)62-58;2*1-2;/h7-15,18-29,32-34,36-41H,30-31H2,1-6H3;;;/q-4;;;. The third-order valence-corrected chi connectivity index (χ3v) is 12.5. The summed E-state index contributed by atoms with van der Waals surface area (Å²) in [6, 6.07) is 73.3. The van der Waals surface area contributed by atoms with Crippen LogP contribution in [0.4, 0.5) is 23.0 Å². The smallest absolute Gasteiger partial charge is 0 e. The summed E-state index contributed by atoms with van der Waals surface area (Å²) in [5, 5.41) is 0. The zero-order valence-corrected chi connectivity index (χ0v) is 42.6. The molecule has 1 aliphatic rings. The molecule has 6 nitrogen and oxygen atoms in total. The summed E-state index contributed by atoms with van der Waals surface area (Å²) in [6.07, 6.45) is 1.82. The summed E-state index contributed by atoms with van der Waals surface area (Å²) in [5.74, 6) is 1.56. The topological polar surface area (TPSA) is 72.1 Å². The Morgan fingerprint density at radius 3 is 1.51 bits per heavy atom. The Hall–Kier alpha value is -7.17. The Morgan fingerprint density at radius 1 is 0.471 bits per heavy atom. The molecule has 1 aliphatic heterocycles. The Bertz CT molecular complexity index is 3270. The Labute approximate surface area is 426 Å². The molecule has 70 heavy (non-hydrogen) atoms. The van der Waals surface area contributed by atoms with Gasteiger partial charge in [0.05, 0.1) is 11.0 Å². The fourth-order valence-corrected chi connectivity index (χ4v) is 8.79. The van der Waals surface area contributed by atoms with Crippen molar-refractivity contribution in [1.82, 2.24) is 9.97 Å². The van der Waals surface area contributed by atoms with Crippen LogP contribution in [0.3, 0.4) is 0 Å². The number of para-hydroxylation sites is 3. The van der Waals surface area contributed by atoms with Crippen molar-refractivity contribution in [1.29, 1.82) is 0 Å². The maximum atomic E-state index is 7.50. The summed E-state index contributed by atoms with van der Waals surface area (Å²) in [5.41, 5.74) is 18.2. The number of aryl methyl sites for hydroxylation is 2. The second-order valence-corrected chi connectivity index (χ2v) is 19.2. The zero-order chi connectivity index (χ0) is 48.7. The van der Waals surface area contributed by atoms with E-state index in [0.29, 0.717) is 0 Å². The average molecular weight is 1090 g/mol. The van der Waals surface area contributed by atoms with E-state index >= 15 is 0 Å². The average Bonchev–Trinajstić information content (AvgIpc) is 3.76. The van der Waals surface area contributed by atoms with Crippen LogP contribution in [-0.4, -0.2) is 9.97 Å². The second kappa shape index (κ2) is 22.1. The number of hydrogen-bond donors (Lipinski definition) is 0. The van der Waals surface area contributed by atoms with Crippen LogP contribution < -0.4 is 9.80 Å². The van der Waals surface area contributed by atoms with Gasteiger partial charge in [0.25, 0.3) is 0 Å². The Kier molecular flexibility index (Phi) is 16.0. The molecular weight excluding hydrogens is 1040 g/mol. The van der Waals surface area contributed by atoms with Crippen LogP contribution in [0.1, 0.15) is 63.8 Å². The summed E-state index contributed by atoms with van der Waals surface area (Å²) in [7, 11) is 0. The molecule has 0 spiro atoms. The van der Waals surface area contributed by atoms with Gasteiger partial charge < -0.3 is 9.80 Å². The molecule has 349 valence electrons. The molecule has 0 aliphatic carbocycles. The van der Waals surface area contributed by atoms with E-state index in [4.69, 9.17) is 19.3 Å². The van der Waals surface area contributed by atoms with Crippen LogP contribution in [0.15, 0.2) is 176 Å². The zero-order valence-electron chi connectivity index (χ0n) is 40.2. The number of fused-ring (bicyclic) bond motifs is 2. The van der Waals surface area contributed by atoms with Crippen molar-refractivity contribution in [2.45, 2.75) is 65.2 Å². The van der Waals surface area contributed by atoms with Crippen LogP contribution in [0.2, 0.25) is 0 Å². The van der Waals surface area contributed by atoms with Crippen LogP contribution >= 0.6 is 0 Å². The van der Waals surface area contributed by atoms with Crippen LogP contribution in [0.25, 0.3) is 55.5 Å². The fraction of sp³-hybridized carbons (Fsp3) is 0.159. The van der Waals surface area contributed by atoms with E-state index in [9.17, 15) is 0 Å². The molecule has 7 heteroatoms. The van der Waals surface area contributed by atoms with Gasteiger partial charge in [0.1, 0.15) is 11.6 Å². The van der Waals surface area contributed by atoms with Crippen LogP contribution in [-0.2, 0) is 53.1 Å². The van der Waals surface area contributed by atoms with E-state index < -0.39 is 0 Å². The van der Waals surface area contributed by atoms with Gasteiger partial charge in [-0.15, -0.1) is 29.5 Å². The first kappa shape index (κ1) is 50.7. The first-order valence-electron chi connectivity index (χ1n) is 23.0. The molecule has 9 aromatic rings. The largest absolute Gasteiger partial charge is 0 e. The van der Waals surface area contributed by atoms with Gasteiger partial charge in [-0.3, -0.25) is 0 Å². The first-order valence-corrected chi connectivity index (χ1v) is 23.0. The van der Waals surface area contributed by atoms with Gasteiger partial charge in [0, 0.05) is 25.8 Å². The van der Waals surface area contributed by atoms with Crippen LogP contribution in [0, 0.1) is 38.2 Å². The minimum absolute atomic E-state index is 0. The van der Waals surface area contributed by atoms with Gasteiger partial charge in [-0.1, -0.05) is 161 Å². The van der Waals surface area contributed by atoms with Crippen molar-refractivity contribution in [2.24, 2.45) is 0 Å². The van der Waals surface area contributed by atoms with Crippen LogP contribution in [0.5, 0.6) is 0 Å². The molecule has 0 saturated heterocycles. The maximum absolute atomic E-state index is 7.50. The third kappa shape index (κ3) is 11.0. The molecule has 0 unspecified atom stereocenters. The molecule has 8 aromatic carbocycles. The van der Waals surface area contributed by atoms with Crippen molar-refractivity contribution >= 4 is 34.0 Å². The van der Waals surface area contributed by atoms with E-state index in [1.54, 1.807) is 0 Å². The van der Waals surface area contributed by atoms with Crippen molar-refractivity contribution < 1.29 is 29.4 Å². The number of benzene rings is 8. The molecule has 0 bridgehead atoms. The number of nitrogens with zero attached hydrogens (tertiary/aromatic N) is 4. The molecule has 0 amide bonds. The third-order valence-electron chi connectivity index (χ3n) is 12.5. The second-order valence-electron chi connectivity index (χ2n) is 19.2. The van der Waals surface area contributed by atoms with Crippen molar-refractivity contribution in [3.05, 3.63) is 236 Å². The van der Waals surface area contributed by atoms with Gasteiger partial charge >= 0.3 is 22.6 Å². The molecule has 0 saturated carbocycles.